The van der Waals surface area contributed by atoms with Gasteiger partial charge in [-0.15, -0.1) is 24.0 Å². The molecule has 1 saturated carbocycles. The van der Waals surface area contributed by atoms with Crippen molar-refractivity contribution in [1.29, 1.82) is 0 Å². The third kappa shape index (κ3) is 6.42. The van der Waals surface area contributed by atoms with Crippen LogP contribution in [0, 0.1) is 0 Å². The molecule has 6 nitrogen and oxygen atoms in total. The molecule has 0 aliphatic heterocycles. The molecule has 0 bridgehead atoms. The highest BCUT2D eigenvalue weighted by Gasteiger charge is 2.35. The van der Waals surface area contributed by atoms with Gasteiger partial charge < -0.3 is 15.2 Å². The average Bonchev–Trinajstić information content (AvgIpc) is 3.39. The Bertz CT molecular complexity index is 754. The second kappa shape index (κ2) is 11.5. The van der Waals surface area contributed by atoms with Gasteiger partial charge in [0.2, 0.25) is 5.89 Å². The predicted octanol–water partition coefficient (Wildman–Crippen LogP) is 4.42. The first-order valence-electron chi connectivity index (χ1n) is 10.5. The summed E-state index contributed by atoms with van der Waals surface area (Å²) in [5.74, 6) is 2.65. The Labute approximate surface area is 191 Å². The zero-order valence-electron chi connectivity index (χ0n) is 17.8. The molecule has 2 N–H and O–H groups in total. The average molecular weight is 511 g/mol. The minimum atomic E-state index is 0. The lowest BCUT2D eigenvalue weighted by atomic mass is 9.79. The van der Waals surface area contributed by atoms with Crippen LogP contribution in [-0.2, 0) is 11.8 Å². The molecule has 1 aliphatic carbocycles. The Balaban J connectivity index is 0.00000300. The van der Waals surface area contributed by atoms with Gasteiger partial charge in [-0.25, -0.2) is 0 Å². The van der Waals surface area contributed by atoms with Crippen LogP contribution in [0.4, 0.5) is 0 Å². The molecule has 0 unspecified atom stereocenters. The fourth-order valence-electron chi connectivity index (χ4n) is 3.94. The summed E-state index contributed by atoms with van der Waals surface area (Å²) in [4.78, 5) is 8.82. The molecule has 0 saturated heterocycles. The van der Waals surface area contributed by atoms with Crippen LogP contribution in [0.25, 0.3) is 0 Å². The molecule has 0 atom stereocenters. The lowest BCUT2D eigenvalue weighted by Crippen LogP contribution is -2.45. The topological polar surface area (TPSA) is 75.3 Å². The van der Waals surface area contributed by atoms with Gasteiger partial charge in [0.1, 0.15) is 0 Å². The summed E-state index contributed by atoms with van der Waals surface area (Å²) in [6.45, 7) is 5.87. The number of rotatable bonds is 8. The molecule has 0 spiro atoms. The summed E-state index contributed by atoms with van der Waals surface area (Å²) in [6.07, 6.45) is 6.75. The number of guanidine groups is 1. The highest BCUT2D eigenvalue weighted by molar-refractivity contribution is 14.0. The van der Waals surface area contributed by atoms with Crippen molar-refractivity contribution in [2.24, 2.45) is 4.99 Å². The molecule has 1 heterocycles. The largest absolute Gasteiger partial charge is 0.356 e. The summed E-state index contributed by atoms with van der Waals surface area (Å²) < 4.78 is 5.30. The number of hydrogen-bond donors (Lipinski definition) is 2. The molecule has 0 radical (unpaired) electrons. The fourth-order valence-corrected chi connectivity index (χ4v) is 3.94. The number of aliphatic imine (C=N–C) groups is 1. The molecule has 3 rings (SSSR count). The number of halogens is 1. The molecular weight excluding hydrogens is 477 g/mol. The van der Waals surface area contributed by atoms with Crippen molar-refractivity contribution in [3.8, 4) is 0 Å². The molecule has 2 aromatic rings. The zero-order chi connectivity index (χ0) is 19.8. The highest BCUT2D eigenvalue weighted by Crippen LogP contribution is 2.40. The van der Waals surface area contributed by atoms with E-state index >= 15 is 0 Å². The van der Waals surface area contributed by atoms with E-state index in [1.165, 1.54) is 31.2 Å². The quantitative estimate of drug-likeness (QED) is 0.238. The lowest BCUT2D eigenvalue weighted by Gasteiger charge is -2.30. The summed E-state index contributed by atoms with van der Waals surface area (Å²) in [5, 5.41) is 11.0. The SMILES string of the molecule is CN=C(NCCCc1nc(C(C)C)no1)NCC1(c2ccccc2)CCCC1.I. The molecule has 29 heavy (non-hydrogen) atoms. The van der Waals surface area contributed by atoms with Crippen molar-refractivity contribution in [2.75, 3.05) is 20.1 Å². The molecule has 1 aliphatic rings. The standard InChI is InChI=1S/C22H33N5O.HI/c1-17(2)20-26-19(28-27-20)12-9-15-24-21(23-3)25-16-22(13-7-8-14-22)18-10-5-4-6-11-18;/h4-6,10-11,17H,7-9,12-16H2,1-3H3,(H2,23,24,25);1H. The first-order valence-corrected chi connectivity index (χ1v) is 10.5. The van der Waals surface area contributed by atoms with Crippen LogP contribution in [0.3, 0.4) is 0 Å². The Hall–Kier alpha value is -1.64. The minimum Gasteiger partial charge on any atom is -0.356 e. The van der Waals surface area contributed by atoms with Crippen LogP contribution >= 0.6 is 24.0 Å². The summed E-state index contributed by atoms with van der Waals surface area (Å²) >= 11 is 0. The number of aryl methyl sites for hydroxylation is 1. The van der Waals surface area contributed by atoms with Crippen molar-refractivity contribution in [3.05, 3.63) is 47.6 Å². The Kier molecular flexibility index (Phi) is 9.39. The van der Waals surface area contributed by atoms with Gasteiger partial charge in [0.05, 0.1) is 0 Å². The van der Waals surface area contributed by atoms with Crippen molar-refractivity contribution in [2.45, 2.75) is 63.7 Å². The van der Waals surface area contributed by atoms with E-state index in [-0.39, 0.29) is 29.4 Å². The Morgan fingerprint density at radius 2 is 1.90 bits per heavy atom. The first-order chi connectivity index (χ1) is 13.6. The summed E-state index contributed by atoms with van der Waals surface area (Å²) in [5.41, 5.74) is 1.66. The van der Waals surface area contributed by atoms with Crippen LogP contribution < -0.4 is 10.6 Å². The fraction of sp³-hybridized carbons (Fsp3) is 0.591. The third-order valence-electron chi connectivity index (χ3n) is 5.62. The molecule has 160 valence electrons. The maximum atomic E-state index is 5.30. The predicted molar refractivity (Wildman–Crippen MR) is 128 cm³/mol. The van der Waals surface area contributed by atoms with Crippen LogP contribution in [0.1, 0.15) is 69.1 Å². The maximum absolute atomic E-state index is 5.30. The second-order valence-corrected chi connectivity index (χ2v) is 8.01. The van der Waals surface area contributed by atoms with E-state index in [0.717, 1.165) is 37.7 Å². The first kappa shape index (κ1) is 23.6. The summed E-state index contributed by atoms with van der Waals surface area (Å²) in [6, 6.07) is 10.9. The Morgan fingerprint density at radius 3 is 2.52 bits per heavy atom. The van der Waals surface area contributed by atoms with Crippen molar-refractivity contribution in [1.82, 2.24) is 20.8 Å². The van der Waals surface area contributed by atoms with Gasteiger partial charge in [-0.2, -0.15) is 4.98 Å². The van der Waals surface area contributed by atoms with Crippen LogP contribution in [0.2, 0.25) is 0 Å². The van der Waals surface area contributed by atoms with Crippen LogP contribution in [0.5, 0.6) is 0 Å². The third-order valence-corrected chi connectivity index (χ3v) is 5.62. The molecule has 1 aromatic carbocycles. The number of nitrogens with zero attached hydrogens (tertiary/aromatic N) is 3. The van der Waals surface area contributed by atoms with Gasteiger partial charge in [0.25, 0.3) is 0 Å². The number of benzene rings is 1. The van der Waals surface area contributed by atoms with E-state index in [2.05, 4.69) is 69.9 Å². The highest BCUT2D eigenvalue weighted by atomic mass is 127. The molecule has 0 amide bonds. The van der Waals surface area contributed by atoms with E-state index in [1.807, 2.05) is 7.05 Å². The number of hydrogen-bond acceptors (Lipinski definition) is 4. The van der Waals surface area contributed by atoms with Crippen molar-refractivity contribution < 1.29 is 4.52 Å². The number of aromatic nitrogens is 2. The summed E-state index contributed by atoms with van der Waals surface area (Å²) in [7, 11) is 1.83. The van der Waals surface area contributed by atoms with Gasteiger partial charge in [-0.3, -0.25) is 4.99 Å². The van der Waals surface area contributed by atoms with Crippen molar-refractivity contribution in [3.63, 3.8) is 0 Å². The van der Waals surface area contributed by atoms with E-state index < -0.39 is 0 Å². The molecular formula is C22H34IN5O. The van der Waals surface area contributed by atoms with Crippen LogP contribution in [0.15, 0.2) is 39.8 Å². The van der Waals surface area contributed by atoms with Gasteiger partial charge in [0.15, 0.2) is 11.8 Å². The monoisotopic (exact) mass is 511 g/mol. The van der Waals surface area contributed by atoms with Crippen LogP contribution in [-0.4, -0.2) is 36.2 Å². The second-order valence-electron chi connectivity index (χ2n) is 8.01. The molecule has 7 heteroatoms. The van der Waals surface area contributed by atoms with E-state index in [9.17, 15) is 0 Å². The molecule has 1 fully saturated rings. The number of nitrogens with one attached hydrogen (secondary N) is 2. The van der Waals surface area contributed by atoms with E-state index in [0.29, 0.717) is 11.8 Å². The molecule has 1 aromatic heterocycles. The zero-order valence-corrected chi connectivity index (χ0v) is 20.1. The van der Waals surface area contributed by atoms with Gasteiger partial charge >= 0.3 is 0 Å². The maximum Gasteiger partial charge on any atom is 0.226 e. The Morgan fingerprint density at radius 1 is 1.17 bits per heavy atom. The minimum absolute atomic E-state index is 0. The van der Waals surface area contributed by atoms with E-state index in [1.54, 1.807) is 0 Å². The van der Waals surface area contributed by atoms with E-state index in [4.69, 9.17) is 4.52 Å². The van der Waals surface area contributed by atoms with Gasteiger partial charge in [-0.1, -0.05) is 62.2 Å². The van der Waals surface area contributed by atoms with Gasteiger partial charge in [-0.05, 0) is 24.8 Å². The smallest absolute Gasteiger partial charge is 0.226 e. The van der Waals surface area contributed by atoms with Crippen molar-refractivity contribution >= 4 is 29.9 Å². The normalized spacial score (nSPS) is 15.9. The lowest BCUT2D eigenvalue weighted by molar-refractivity contribution is 0.368. The van der Waals surface area contributed by atoms with Gasteiger partial charge in [0, 0.05) is 37.9 Å².